The molecule has 0 saturated carbocycles. The molecule has 0 aromatic carbocycles. The Labute approximate surface area is 210 Å². The van der Waals surface area contributed by atoms with Crippen LogP contribution in [-0.2, 0) is 31.2 Å². The van der Waals surface area contributed by atoms with E-state index in [-0.39, 0.29) is 49.4 Å². The summed E-state index contributed by atoms with van der Waals surface area (Å²) in [5.74, 6) is 0. The Morgan fingerprint density at radius 1 is 0.533 bits per heavy atom. The average Bonchev–Trinajstić information content (AvgIpc) is 2.36. The van der Waals surface area contributed by atoms with Gasteiger partial charge >= 0.3 is 60.8 Å². The zero-order chi connectivity index (χ0) is 22.6. The van der Waals surface area contributed by atoms with Crippen molar-refractivity contribution in [2.45, 2.75) is 71.1 Å². The fraction of sp³-hybridized carbons (Fsp3) is 0.917. The Kier molecular flexibility index (Phi) is 49.6. The predicted octanol–water partition coefficient (Wildman–Crippen LogP) is -0.0968. The van der Waals surface area contributed by atoms with E-state index < -0.39 is 31.2 Å². The quantitative estimate of drug-likeness (QED) is 0.0723. The van der Waals surface area contributed by atoms with Gasteiger partial charge in [-0.3, -0.25) is 27.3 Å². The van der Waals surface area contributed by atoms with E-state index in [1.165, 1.54) is 57.8 Å². The summed E-state index contributed by atoms with van der Waals surface area (Å²) in [6.45, 7) is 6.12. The molecule has 0 bridgehead atoms. The van der Waals surface area contributed by atoms with Crippen molar-refractivity contribution in [2.24, 2.45) is 0 Å². The molecule has 0 aliphatic carbocycles. The molecule has 0 saturated heterocycles. The topological polar surface area (TPSA) is 224 Å². The second-order valence-electron chi connectivity index (χ2n) is 5.03. The fourth-order valence-corrected chi connectivity index (χ4v) is 1.49. The molecule has 0 radical (unpaired) electrons. The molecule has 6 N–H and O–H groups in total. The monoisotopic (exact) mass is 554 g/mol. The van der Waals surface area contributed by atoms with E-state index >= 15 is 0 Å². The van der Waals surface area contributed by atoms with Gasteiger partial charge in [0, 0.05) is 0 Å². The van der Waals surface area contributed by atoms with Crippen molar-refractivity contribution in [3.8, 4) is 0 Å². The molecule has 2 unspecified atom stereocenters. The summed E-state index contributed by atoms with van der Waals surface area (Å²) < 4.78 is 94.8. The van der Waals surface area contributed by atoms with Gasteiger partial charge in [-0.15, -0.1) is 0 Å². The number of unbranched alkanes of at least 4 members (excludes halogenated alkanes) is 9. The minimum atomic E-state index is -4.67. The van der Waals surface area contributed by atoms with Gasteiger partial charge < -0.3 is 6.92 Å². The molecule has 186 valence electrons. The summed E-state index contributed by atoms with van der Waals surface area (Å²) >= 11 is 0. The van der Waals surface area contributed by atoms with Crippen LogP contribution in [0.1, 0.15) is 71.1 Å². The molecule has 2 atom stereocenters. The van der Waals surface area contributed by atoms with Crippen LogP contribution in [-0.4, -0.2) is 52.6 Å². The van der Waals surface area contributed by atoms with Crippen molar-refractivity contribution < 1.29 is 82.1 Å². The van der Waals surface area contributed by atoms with Gasteiger partial charge in [-0.1, -0.05) is 64.7 Å². The van der Waals surface area contributed by atoms with Crippen LogP contribution in [0.25, 0.3) is 0 Å². The van der Waals surface area contributed by atoms with Crippen LogP contribution >= 0.6 is 19.8 Å². The summed E-state index contributed by atoms with van der Waals surface area (Å²) in [7, 11) is -14.0. The van der Waals surface area contributed by atoms with Gasteiger partial charge in [0.1, 0.15) is 0 Å². The maximum absolute atomic E-state index is 8.74. The molecule has 0 aliphatic rings. The fourth-order valence-electron chi connectivity index (χ4n) is 1.49. The summed E-state index contributed by atoms with van der Waals surface area (Å²) in [6.07, 6.45) is 13.9. The molecule has 0 heterocycles. The molecule has 0 aromatic heterocycles. The van der Waals surface area contributed by atoms with Gasteiger partial charge in [0.25, 0.3) is 0 Å². The predicted molar refractivity (Wildman–Crippen MR) is 122 cm³/mol. The number of hydrogen-bond donors (Lipinski definition) is 6. The first-order chi connectivity index (χ1) is 11.9. The van der Waals surface area contributed by atoms with Crippen LogP contribution in [0.2, 0.25) is 0 Å². The molecule has 0 fully saturated rings. The molecule has 0 aliphatic heterocycles. The zero-order valence-corrected chi connectivity index (χ0v) is 24.8. The molecule has 0 spiro atoms. The van der Waals surface area contributed by atoms with Gasteiger partial charge in [0.15, 0.2) is 0 Å². The van der Waals surface area contributed by atoms with Crippen molar-refractivity contribution in [1.29, 1.82) is 0 Å². The first-order valence-electron chi connectivity index (χ1n) is 7.80. The van der Waals surface area contributed by atoms with Crippen LogP contribution in [0.15, 0.2) is 0 Å². The van der Waals surface area contributed by atoms with Crippen molar-refractivity contribution in [3.63, 3.8) is 0 Å². The average molecular weight is 555 g/mol. The maximum atomic E-state index is 8.74. The number of rotatable bonds is 9. The van der Waals surface area contributed by atoms with Crippen LogP contribution in [0.4, 0.5) is 0 Å². The second kappa shape index (κ2) is 30.5. The van der Waals surface area contributed by atoms with Gasteiger partial charge in [0.2, 0.25) is 0 Å². The molecule has 0 aromatic rings. The minimum Gasteiger partial charge on any atom is -0.343 e. The molecule has 18 heteroatoms. The van der Waals surface area contributed by atoms with Crippen molar-refractivity contribution in [2.75, 3.05) is 0 Å². The van der Waals surface area contributed by atoms with E-state index in [9.17, 15) is 0 Å². The van der Waals surface area contributed by atoms with Gasteiger partial charge in [-0.25, -0.2) is 0 Å². The van der Waals surface area contributed by atoms with E-state index in [4.69, 9.17) is 52.6 Å². The van der Waals surface area contributed by atoms with Crippen molar-refractivity contribution >= 4 is 51.0 Å². The summed E-state index contributed by atoms with van der Waals surface area (Å²) in [5, 5.41) is 0. The Balaban J connectivity index is -0.0000000502. The Morgan fingerprint density at radius 2 is 0.700 bits per heavy atom. The van der Waals surface area contributed by atoms with E-state index in [2.05, 4.69) is 13.8 Å². The largest absolute Gasteiger partial charge is 1.00 e. The molecule has 30 heavy (non-hydrogen) atoms. The third-order valence-electron chi connectivity index (χ3n) is 2.35. The minimum absolute atomic E-state index is 0. The summed E-state index contributed by atoms with van der Waals surface area (Å²) in [4.78, 5) is 0. The van der Waals surface area contributed by atoms with E-state index in [1.54, 1.807) is 0 Å². The first-order valence-corrected chi connectivity index (χ1v) is 12.0. The molecule has 0 amide bonds. The van der Waals surface area contributed by atoms with Crippen LogP contribution < -0.4 is 29.6 Å². The van der Waals surface area contributed by atoms with Crippen molar-refractivity contribution in [1.82, 2.24) is 0 Å². The Bertz CT molecular complexity index is 507. The maximum Gasteiger partial charge on any atom is 1.00 e. The molecular weight excluding hydrogens is 517 g/mol. The van der Waals surface area contributed by atoms with E-state index in [0.717, 1.165) is 6.42 Å². The Hall–Kier alpha value is 1.47. The third kappa shape index (κ3) is 218. The standard InChI is InChI=1S/C12H25.Na.3H2O4S.2H3P/c1-3-5-7-9-11-12-10-8-6-4-2;;3*1-5(2,3)4;;/h1,3-12H2,2H3;;3*(H2,1,2,3,4);2*1H3/q-1;+1;;;;;. The molecule has 12 nitrogen and oxygen atoms in total. The van der Waals surface area contributed by atoms with Crippen LogP contribution in [0, 0.1) is 6.92 Å². The van der Waals surface area contributed by atoms with Gasteiger partial charge in [-0.05, 0) is 0 Å². The molecule has 0 rings (SSSR count). The number of hydrogen-bond acceptors (Lipinski definition) is 6. The smallest absolute Gasteiger partial charge is 0.343 e. The SMILES string of the molecule is O=S(=O)(O)O.O=S(=O)(O)O.O=S(=O)(O)O.P.P.[CH2-]CCCCCCCCCCC.[Na+]. The van der Waals surface area contributed by atoms with Crippen molar-refractivity contribution in [3.05, 3.63) is 6.92 Å². The first kappa shape index (κ1) is 48.8. The Morgan fingerprint density at radius 3 is 0.867 bits per heavy atom. The third-order valence-corrected chi connectivity index (χ3v) is 2.35. The second-order valence-corrected chi connectivity index (χ2v) is 7.71. The summed E-state index contributed by atoms with van der Waals surface area (Å²) in [5.41, 5.74) is 0. The summed E-state index contributed by atoms with van der Waals surface area (Å²) in [6, 6.07) is 0. The zero-order valence-electron chi connectivity index (χ0n) is 17.5. The van der Waals surface area contributed by atoms with Crippen LogP contribution in [0.3, 0.4) is 0 Å². The molecular formula is C12H37NaO12P2S3. The van der Waals surface area contributed by atoms with Crippen LogP contribution in [0.5, 0.6) is 0 Å². The van der Waals surface area contributed by atoms with Gasteiger partial charge in [-0.2, -0.15) is 51.5 Å². The van der Waals surface area contributed by atoms with E-state index in [1.807, 2.05) is 0 Å². The van der Waals surface area contributed by atoms with E-state index in [0.29, 0.717) is 0 Å². The van der Waals surface area contributed by atoms with Gasteiger partial charge in [0.05, 0.1) is 0 Å². The normalized spacial score (nSPS) is 10.0.